The first-order valence-corrected chi connectivity index (χ1v) is 13.2. The van der Waals surface area contributed by atoms with Gasteiger partial charge in [0.1, 0.15) is 6.10 Å². The van der Waals surface area contributed by atoms with E-state index in [4.69, 9.17) is 4.74 Å². The first kappa shape index (κ1) is 28.4. The van der Waals surface area contributed by atoms with Gasteiger partial charge in [-0.15, -0.1) is 0 Å². The van der Waals surface area contributed by atoms with E-state index < -0.39 is 18.2 Å². The number of aliphatic hydroxyl groups is 1. The predicted octanol–water partition coefficient (Wildman–Crippen LogP) is 4.71. The Balaban J connectivity index is 1.62. The van der Waals surface area contributed by atoms with Crippen molar-refractivity contribution in [3.05, 3.63) is 84.4 Å². The van der Waals surface area contributed by atoms with E-state index in [-0.39, 0.29) is 42.3 Å². The molecule has 4 rings (SSSR count). The quantitative estimate of drug-likeness (QED) is 0.342. The SMILES string of the molecule is C[C@H](CO)N1C[C@H](C)[C@@H](CN(C)C(=O)Nc2ccccc2)Oc2c(NC(=O)Nc3ccccc3)cccc2C1=O. The molecule has 0 saturated carbocycles. The highest BCUT2D eigenvalue weighted by atomic mass is 16.5. The number of benzene rings is 3. The molecule has 0 unspecified atom stereocenters. The summed E-state index contributed by atoms with van der Waals surface area (Å²) in [7, 11) is 1.67. The number of nitrogens with one attached hydrogen (secondary N) is 3. The largest absolute Gasteiger partial charge is 0.485 e. The zero-order chi connectivity index (χ0) is 28.6. The normalized spacial score (nSPS) is 17.4. The van der Waals surface area contributed by atoms with Crippen LogP contribution in [0, 0.1) is 5.92 Å². The minimum atomic E-state index is -0.535. The van der Waals surface area contributed by atoms with E-state index in [1.54, 1.807) is 61.3 Å². The molecule has 0 saturated heterocycles. The lowest BCUT2D eigenvalue weighted by molar-refractivity contribution is 0.0373. The Morgan fingerprint density at radius 2 is 1.60 bits per heavy atom. The van der Waals surface area contributed by atoms with E-state index in [1.807, 2.05) is 43.3 Å². The molecule has 0 aliphatic carbocycles. The fourth-order valence-corrected chi connectivity index (χ4v) is 4.46. The van der Waals surface area contributed by atoms with Gasteiger partial charge in [0.05, 0.1) is 30.4 Å². The highest BCUT2D eigenvalue weighted by Gasteiger charge is 2.35. The Kier molecular flexibility index (Phi) is 9.23. The van der Waals surface area contributed by atoms with Gasteiger partial charge in [-0.2, -0.15) is 0 Å². The smallest absolute Gasteiger partial charge is 0.323 e. The van der Waals surface area contributed by atoms with E-state index in [2.05, 4.69) is 16.0 Å². The summed E-state index contributed by atoms with van der Waals surface area (Å²) in [5, 5.41) is 18.3. The highest BCUT2D eigenvalue weighted by Crippen LogP contribution is 2.35. The summed E-state index contributed by atoms with van der Waals surface area (Å²) in [6.07, 6.45) is -0.535. The second-order valence-electron chi connectivity index (χ2n) is 9.93. The molecule has 1 aliphatic rings. The lowest BCUT2D eigenvalue weighted by atomic mass is 9.99. The third-order valence-corrected chi connectivity index (χ3v) is 6.80. The summed E-state index contributed by atoms with van der Waals surface area (Å²) in [6, 6.07) is 21.8. The third kappa shape index (κ3) is 6.89. The third-order valence-electron chi connectivity index (χ3n) is 6.80. The van der Waals surface area contributed by atoms with Crippen LogP contribution < -0.4 is 20.7 Å². The second kappa shape index (κ2) is 13.0. The van der Waals surface area contributed by atoms with E-state index in [0.717, 1.165) is 0 Å². The molecule has 0 radical (unpaired) electrons. The number of fused-ring (bicyclic) bond motifs is 1. The van der Waals surface area contributed by atoms with Gasteiger partial charge in [-0.1, -0.05) is 49.4 Å². The van der Waals surface area contributed by atoms with E-state index in [9.17, 15) is 19.5 Å². The molecule has 3 aromatic rings. The van der Waals surface area contributed by atoms with Gasteiger partial charge in [0.25, 0.3) is 5.91 Å². The number of para-hydroxylation sites is 3. The number of amides is 5. The molecule has 3 aromatic carbocycles. The number of urea groups is 2. The number of carbonyl (C=O) groups excluding carboxylic acids is 3. The van der Waals surface area contributed by atoms with Crippen molar-refractivity contribution >= 4 is 35.0 Å². The van der Waals surface area contributed by atoms with Crippen molar-refractivity contribution in [2.75, 3.05) is 42.7 Å². The molecule has 5 amide bonds. The Morgan fingerprint density at radius 3 is 2.23 bits per heavy atom. The number of ether oxygens (including phenoxy) is 1. The lowest BCUT2D eigenvalue weighted by Gasteiger charge is -2.38. The van der Waals surface area contributed by atoms with Gasteiger partial charge in [-0.05, 0) is 43.3 Å². The van der Waals surface area contributed by atoms with Crippen molar-refractivity contribution in [3.8, 4) is 5.75 Å². The molecule has 4 N–H and O–H groups in total. The first-order chi connectivity index (χ1) is 19.3. The minimum Gasteiger partial charge on any atom is -0.485 e. The Hall–Kier alpha value is -4.57. The highest BCUT2D eigenvalue weighted by molar-refractivity contribution is 6.04. The van der Waals surface area contributed by atoms with Crippen LogP contribution in [0.4, 0.5) is 26.7 Å². The van der Waals surface area contributed by atoms with Crippen molar-refractivity contribution in [1.82, 2.24) is 9.80 Å². The number of hydrogen-bond acceptors (Lipinski definition) is 5. The molecule has 0 aromatic heterocycles. The molecule has 210 valence electrons. The predicted molar refractivity (Wildman–Crippen MR) is 155 cm³/mol. The van der Waals surface area contributed by atoms with E-state index in [1.165, 1.54) is 4.90 Å². The lowest BCUT2D eigenvalue weighted by Crippen LogP contribution is -2.50. The molecule has 0 bridgehead atoms. The summed E-state index contributed by atoms with van der Waals surface area (Å²) in [5.74, 6) is -0.326. The van der Waals surface area contributed by atoms with Crippen LogP contribution in [0.5, 0.6) is 5.75 Å². The van der Waals surface area contributed by atoms with Gasteiger partial charge in [-0.3, -0.25) is 4.79 Å². The average molecular weight is 546 g/mol. The number of hydrogen-bond donors (Lipinski definition) is 4. The van der Waals surface area contributed by atoms with E-state index >= 15 is 0 Å². The number of rotatable bonds is 7. The number of nitrogens with zero attached hydrogens (tertiary/aromatic N) is 2. The Bertz CT molecular complexity index is 1320. The number of anilines is 3. The van der Waals surface area contributed by atoms with E-state index in [0.29, 0.717) is 23.6 Å². The van der Waals surface area contributed by atoms with Gasteiger partial charge < -0.3 is 35.6 Å². The monoisotopic (exact) mass is 545 g/mol. The molecule has 10 nitrogen and oxygen atoms in total. The fourth-order valence-electron chi connectivity index (χ4n) is 4.46. The van der Waals surface area contributed by atoms with Crippen LogP contribution in [-0.2, 0) is 0 Å². The van der Waals surface area contributed by atoms with Crippen molar-refractivity contribution < 1.29 is 24.2 Å². The summed E-state index contributed by atoms with van der Waals surface area (Å²) in [4.78, 5) is 42.6. The van der Waals surface area contributed by atoms with Crippen molar-refractivity contribution in [1.29, 1.82) is 0 Å². The molecule has 1 aliphatic heterocycles. The molecule has 3 atom stereocenters. The standard InChI is InChI=1S/C30H35N5O5/c1-20-17-35(21(2)19-36)28(37)24-15-10-16-25(33-29(38)31-22-11-6-4-7-12-22)27(24)40-26(20)18-34(3)30(39)32-23-13-8-5-9-14-23/h4-16,20-21,26,36H,17-19H2,1-3H3,(H,32,39)(H2,31,33,38)/t20-,21+,26+/m0/s1. The summed E-state index contributed by atoms with van der Waals surface area (Å²) < 4.78 is 6.46. The van der Waals surface area contributed by atoms with Crippen LogP contribution in [0.15, 0.2) is 78.9 Å². The van der Waals surface area contributed by atoms with Crippen molar-refractivity contribution in [2.24, 2.45) is 5.92 Å². The number of likely N-dealkylation sites (N-methyl/N-ethyl adjacent to an activating group) is 1. The van der Waals surface area contributed by atoms with Gasteiger partial charge >= 0.3 is 12.1 Å². The molecule has 40 heavy (non-hydrogen) atoms. The van der Waals surface area contributed by atoms with Crippen LogP contribution in [0.3, 0.4) is 0 Å². The van der Waals surface area contributed by atoms with Gasteiger partial charge in [0.2, 0.25) is 0 Å². The number of aliphatic hydroxyl groups excluding tert-OH is 1. The molecular formula is C30H35N5O5. The fraction of sp³-hybridized carbons (Fsp3) is 0.300. The van der Waals surface area contributed by atoms with Crippen LogP contribution in [0.2, 0.25) is 0 Å². The van der Waals surface area contributed by atoms with Gasteiger partial charge in [0.15, 0.2) is 5.75 Å². The molecule has 0 spiro atoms. The Labute approximate surface area is 233 Å². The maximum Gasteiger partial charge on any atom is 0.323 e. The van der Waals surface area contributed by atoms with Crippen LogP contribution in [0.1, 0.15) is 24.2 Å². The van der Waals surface area contributed by atoms with Crippen molar-refractivity contribution in [3.63, 3.8) is 0 Å². The minimum absolute atomic E-state index is 0.208. The van der Waals surface area contributed by atoms with Gasteiger partial charge in [-0.25, -0.2) is 9.59 Å². The maximum absolute atomic E-state index is 13.6. The maximum atomic E-state index is 13.6. The van der Waals surface area contributed by atoms with Gasteiger partial charge in [0, 0.05) is 30.9 Å². The zero-order valence-corrected chi connectivity index (χ0v) is 22.8. The number of carbonyl (C=O) groups is 3. The topological polar surface area (TPSA) is 123 Å². The second-order valence-corrected chi connectivity index (χ2v) is 9.93. The molecular weight excluding hydrogens is 510 g/mol. The molecule has 0 fully saturated rings. The summed E-state index contributed by atoms with van der Waals surface area (Å²) >= 11 is 0. The van der Waals surface area contributed by atoms with Crippen LogP contribution in [-0.4, -0.2) is 71.8 Å². The Morgan fingerprint density at radius 1 is 0.975 bits per heavy atom. The molecule has 10 heteroatoms. The summed E-state index contributed by atoms with van der Waals surface area (Å²) in [5.41, 5.74) is 1.84. The zero-order valence-electron chi connectivity index (χ0n) is 22.8. The molecule has 1 heterocycles. The summed E-state index contributed by atoms with van der Waals surface area (Å²) in [6.45, 7) is 4.01. The van der Waals surface area contributed by atoms with Crippen LogP contribution >= 0.6 is 0 Å². The van der Waals surface area contributed by atoms with Crippen molar-refractivity contribution in [2.45, 2.75) is 26.0 Å². The van der Waals surface area contributed by atoms with Crippen LogP contribution in [0.25, 0.3) is 0 Å². The average Bonchev–Trinajstić information content (AvgIpc) is 2.95. The first-order valence-electron chi connectivity index (χ1n) is 13.2.